The minimum Gasteiger partial charge on any atom is -0.497 e. The maximum absolute atomic E-state index is 12.6. The molecule has 3 N–H and O–H groups in total. The number of carbonyl (C=O) groups is 2. The molecule has 0 radical (unpaired) electrons. The molecule has 0 fully saturated rings. The second-order valence-corrected chi connectivity index (χ2v) is 7.60. The van der Waals surface area contributed by atoms with Crippen molar-refractivity contribution in [1.29, 1.82) is 0 Å². The first-order valence-electron chi connectivity index (χ1n) is 10.6. The lowest BCUT2D eigenvalue weighted by molar-refractivity contribution is -0.139. The Morgan fingerprint density at radius 2 is 2.00 bits per heavy atom. The summed E-state index contributed by atoms with van der Waals surface area (Å²) in [7, 11) is 1.58. The van der Waals surface area contributed by atoms with Crippen LogP contribution in [-0.4, -0.2) is 43.5 Å². The SMILES string of the molecule is CCOC(=O)C1=C(C)NC(=S)N[C@@H]1c1ccccc1OCC(=O)NN=Cc1cccc(OC)c1. The van der Waals surface area contributed by atoms with Crippen LogP contribution in [0.3, 0.4) is 0 Å². The maximum atomic E-state index is 12.6. The fraction of sp³-hybridized carbons (Fsp3) is 0.250. The number of hydrogen-bond donors (Lipinski definition) is 3. The zero-order valence-electron chi connectivity index (χ0n) is 19.1. The monoisotopic (exact) mass is 482 g/mol. The lowest BCUT2D eigenvalue weighted by atomic mass is 9.95. The summed E-state index contributed by atoms with van der Waals surface area (Å²) < 4.78 is 16.2. The van der Waals surface area contributed by atoms with E-state index in [9.17, 15) is 9.59 Å². The van der Waals surface area contributed by atoms with Gasteiger partial charge in [0.2, 0.25) is 0 Å². The van der Waals surface area contributed by atoms with Gasteiger partial charge in [0.15, 0.2) is 11.7 Å². The number of amides is 1. The van der Waals surface area contributed by atoms with Crippen LogP contribution < -0.4 is 25.5 Å². The molecule has 1 heterocycles. The van der Waals surface area contributed by atoms with Gasteiger partial charge < -0.3 is 24.8 Å². The van der Waals surface area contributed by atoms with E-state index in [1.54, 1.807) is 45.2 Å². The van der Waals surface area contributed by atoms with E-state index in [4.69, 9.17) is 26.4 Å². The topological polar surface area (TPSA) is 110 Å². The molecule has 0 aliphatic carbocycles. The number of nitrogens with one attached hydrogen (secondary N) is 3. The first-order chi connectivity index (χ1) is 16.4. The lowest BCUT2D eigenvalue weighted by Crippen LogP contribution is -2.45. The van der Waals surface area contributed by atoms with Crippen molar-refractivity contribution in [1.82, 2.24) is 16.1 Å². The Balaban J connectivity index is 1.70. The Kier molecular flexibility index (Phi) is 8.58. The van der Waals surface area contributed by atoms with E-state index in [1.807, 2.05) is 24.3 Å². The van der Waals surface area contributed by atoms with Crippen molar-refractivity contribution in [3.8, 4) is 11.5 Å². The van der Waals surface area contributed by atoms with Gasteiger partial charge in [0.1, 0.15) is 11.5 Å². The summed E-state index contributed by atoms with van der Waals surface area (Å²) >= 11 is 5.28. The van der Waals surface area contributed by atoms with Crippen LogP contribution in [0.5, 0.6) is 11.5 Å². The quantitative estimate of drug-likeness (QED) is 0.217. The van der Waals surface area contributed by atoms with Crippen LogP contribution in [0.25, 0.3) is 0 Å². The number of hydrazone groups is 1. The molecule has 0 saturated heterocycles. The van der Waals surface area contributed by atoms with Crippen molar-refractivity contribution < 1.29 is 23.8 Å². The number of methoxy groups -OCH3 is 1. The van der Waals surface area contributed by atoms with E-state index < -0.39 is 17.9 Å². The summed E-state index contributed by atoms with van der Waals surface area (Å²) in [6.07, 6.45) is 1.51. The summed E-state index contributed by atoms with van der Waals surface area (Å²) in [5.74, 6) is 0.200. The highest BCUT2D eigenvalue weighted by atomic mass is 32.1. The van der Waals surface area contributed by atoms with Crippen LogP contribution in [0.1, 0.15) is 31.0 Å². The van der Waals surface area contributed by atoms with Crippen molar-refractivity contribution in [3.63, 3.8) is 0 Å². The smallest absolute Gasteiger partial charge is 0.338 e. The van der Waals surface area contributed by atoms with Crippen LogP contribution in [0, 0.1) is 0 Å². The van der Waals surface area contributed by atoms with Gasteiger partial charge in [-0.2, -0.15) is 5.10 Å². The number of para-hydroxylation sites is 1. The second-order valence-electron chi connectivity index (χ2n) is 7.19. The molecular formula is C24H26N4O5S. The molecule has 3 rings (SSSR count). The van der Waals surface area contributed by atoms with Crippen LogP contribution in [0.15, 0.2) is 64.9 Å². The number of rotatable bonds is 9. The molecule has 0 saturated carbocycles. The number of nitrogens with zero attached hydrogens (tertiary/aromatic N) is 1. The molecule has 1 aliphatic heterocycles. The van der Waals surface area contributed by atoms with Crippen LogP contribution >= 0.6 is 12.2 Å². The van der Waals surface area contributed by atoms with Gasteiger partial charge in [-0.3, -0.25) is 4.79 Å². The molecule has 0 aromatic heterocycles. The highest BCUT2D eigenvalue weighted by molar-refractivity contribution is 7.80. The standard InChI is InChI=1S/C24H26N4O5S/c1-4-32-23(30)21-15(2)26-24(34)27-22(21)18-10-5-6-11-19(18)33-14-20(29)28-25-13-16-8-7-9-17(12-16)31-3/h5-13,22H,4,14H2,1-3H3,(H,28,29)(H2,26,27,34)/t22-/m1/s1. The fourth-order valence-electron chi connectivity index (χ4n) is 3.33. The van der Waals surface area contributed by atoms with Crippen molar-refractivity contribution in [2.45, 2.75) is 19.9 Å². The second kappa shape index (κ2) is 11.8. The molecule has 0 spiro atoms. The van der Waals surface area contributed by atoms with Gasteiger partial charge in [-0.25, -0.2) is 10.2 Å². The molecule has 1 atom stereocenters. The molecule has 178 valence electrons. The van der Waals surface area contributed by atoms with Crippen LogP contribution in [0.4, 0.5) is 0 Å². The van der Waals surface area contributed by atoms with Gasteiger partial charge in [-0.1, -0.05) is 30.3 Å². The first kappa shape index (κ1) is 24.7. The van der Waals surface area contributed by atoms with Crippen molar-refractivity contribution in [3.05, 3.63) is 70.9 Å². The van der Waals surface area contributed by atoms with E-state index in [0.29, 0.717) is 33.4 Å². The largest absolute Gasteiger partial charge is 0.497 e. The Bertz CT molecular complexity index is 1130. The Morgan fingerprint density at radius 3 is 2.76 bits per heavy atom. The Hall–Kier alpha value is -3.92. The number of carbonyl (C=O) groups excluding carboxylic acids is 2. The summed E-state index contributed by atoms with van der Waals surface area (Å²) in [5.41, 5.74) is 4.82. The molecule has 34 heavy (non-hydrogen) atoms. The van der Waals surface area contributed by atoms with Crippen LogP contribution in [-0.2, 0) is 14.3 Å². The summed E-state index contributed by atoms with van der Waals surface area (Å²) in [6, 6.07) is 13.8. The highest BCUT2D eigenvalue weighted by Crippen LogP contribution is 2.33. The average molecular weight is 483 g/mol. The number of esters is 1. The van der Waals surface area contributed by atoms with Crippen LogP contribution in [0.2, 0.25) is 0 Å². The summed E-state index contributed by atoms with van der Waals surface area (Å²) in [4.78, 5) is 24.9. The van der Waals surface area contributed by atoms with Gasteiger partial charge in [0.25, 0.3) is 5.91 Å². The minimum absolute atomic E-state index is 0.237. The third-order valence-electron chi connectivity index (χ3n) is 4.85. The maximum Gasteiger partial charge on any atom is 0.338 e. The first-order valence-corrected chi connectivity index (χ1v) is 11.0. The fourth-order valence-corrected chi connectivity index (χ4v) is 3.60. The molecular weight excluding hydrogens is 456 g/mol. The van der Waals surface area contributed by atoms with Gasteiger partial charge in [-0.05, 0) is 49.8 Å². The minimum atomic E-state index is -0.599. The molecule has 2 aromatic carbocycles. The number of allylic oxidation sites excluding steroid dienone is 1. The summed E-state index contributed by atoms with van der Waals surface area (Å²) in [6.45, 7) is 3.45. The van der Waals surface area contributed by atoms with Gasteiger partial charge in [0, 0.05) is 11.3 Å². The molecule has 1 aliphatic rings. The number of ether oxygens (including phenoxy) is 3. The van der Waals surface area contributed by atoms with Gasteiger partial charge in [-0.15, -0.1) is 0 Å². The Labute approximate surface area is 203 Å². The lowest BCUT2D eigenvalue weighted by Gasteiger charge is -2.30. The molecule has 2 aromatic rings. The predicted molar refractivity (Wildman–Crippen MR) is 132 cm³/mol. The van der Waals surface area contributed by atoms with E-state index in [2.05, 4.69) is 21.2 Å². The third kappa shape index (κ3) is 6.32. The normalized spacial score (nSPS) is 15.4. The van der Waals surface area contributed by atoms with Crippen molar-refractivity contribution in [2.24, 2.45) is 5.10 Å². The third-order valence-corrected chi connectivity index (χ3v) is 5.07. The zero-order valence-corrected chi connectivity index (χ0v) is 19.9. The molecule has 10 heteroatoms. The molecule has 1 amide bonds. The van der Waals surface area contributed by atoms with Gasteiger partial charge >= 0.3 is 5.97 Å². The molecule has 0 bridgehead atoms. The average Bonchev–Trinajstić information content (AvgIpc) is 2.82. The number of hydrogen-bond acceptors (Lipinski definition) is 7. The zero-order chi connectivity index (χ0) is 24.5. The number of benzene rings is 2. The van der Waals surface area contributed by atoms with Crippen molar-refractivity contribution in [2.75, 3.05) is 20.3 Å². The molecule has 9 nitrogen and oxygen atoms in total. The highest BCUT2D eigenvalue weighted by Gasteiger charge is 2.32. The Morgan fingerprint density at radius 1 is 1.21 bits per heavy atom. The van der Waals surface area contributed by atoms with E-state index in [-0.39, 0.29) is 13.2 Å². The van der Waals surface area contributed by atoms with Crippen molar-refractivity contribution >= 4 is 35.4 Å². The number of thiocarbonyl (C=S) groups is 1. The van der Waals surface area contributed by atoms with Gasteiger partial charge in [0.05, 0.1) is 31.5 Å². The van der Waals surface area contributed by atoms with E-state index in [0.717, 1.165) is 5.56 Å². The predicted octanol–water partition coefficient (Wildman–Crippen LogP) is 2.58. The van der Waals surface area contributed by atoms with E-state index in [1.165, 1.54) is 6.21 Å². The molecule has 0 unspecified atom stereocenters. The summed E-state index contributed by atoms with van der Waals surface area (Å²) in [5, 5.41) is 10.4. The van der Waals surface area contributed by atoms with E-state index >= 15 is 0 Å².